The van der Waals surface area contributed by atoms with Gasteiger partial charge in [0.25, 0.3) is 5.91 Å². The molecular weight excluding hydrogens is 474 g/mol. The third kappa shape index (κ3) is 11.3. The van der Waals surface area contributed by atoms with Gasteiger partial charge in [-0.05, 0) is 63.5 Å². The maximum atomic E-state index is 12.9. The molecule has 0 aromatic carbocycles. The molecule has 1 aliphatic rings. The van der Waals surface area contributed by atoms with Crippen molar-refractivity contribution in [1.29, 1.82) is 0 Å². The summed E-state index contributed by atoms with van der Waals surface area (Å²) in [6, 6.07) is -2.18. The van der Waals surface area contributed by atoms with Gasteiger partial charge in [0.2, 0.25) is 11.8 Å². The number of hydrazine groups is 1. The van der Waals surface area contributed by atoms with E-state index >= 15 is 0 Å². The topological polar surface area (TPSA) is 129 Å². The van der Waals surface area contributed by atoms with Gasteiger partial charge in [-0.25, -0.2) is 5.43 Å². The lowest BCUT2D eigenvalue weighted by Gasteiger charge is -2.34. The molecule has 10 nitrogen and oxygen atoms in total. The van der Waals surface area contributed by atoms with Crippen molar-refractivity contribution in [2.75, 3.05) is 20.7 Å². The van der Waals surface area contributed by atoms with Crippen molar-refractivity contribution in [2.24, 2.45) is 10.9 Å². The van der Waals surface area contributed by atoms with Gasteiger partial charge >= 0.3 is 5.97 Å². The molecule has 1 rings (SSSR count). The molecule has 208 valence electrons. The van der Waals surface area contributed by atoms with Crippen LogP contribution in [0, 0.1) is 5.92 Å². The average molecular weight is 520 g/mol. The Morgan fingerprint density at radius 3 is 2.41 bits per heavy atom. The second kappa shape index (κ2) is 16.7. The van der Waals surface area contributed by atoms with Gasteiger partial charge in [-0.15, -0.1) is 0 Å². The maximum Gasteiger partial charge on any atom is 0.324 e. The van der Waals surface area contributed by atoms with Gasteiger partial charge in [0.15, 0.2) is 0 Å². The zero-order chi connectivity index (χ0) is 28.0. The van der Waals surface area contributed by atoms with E-state index in [4.69, 9.17) is 4.74 Å². The Labute approximate surface area is 221 Å². The fourth-order valence-corrected chi connectivity index (χ4v) is 3.98. The van der Waals surface area contributed by atoms with Crippen molar-refractivity contribution in [3.63, 3.8) is 0 Å². The Morgan fingerprint density at radius 1 is 1.14 bits per heavy atom. The number of ether oxygens (including phenoxy) is 1. The lowest BCUT2D eigenvalue weighted by Crippen LogP contribution is -2.60. The summed E-state index contributed by atoms with van der Waals surface area (Å²) in [5.41, 5.74) is 4.94. The number of amides is 3. The molecule has 0 radical (unpaired) electrons. The van der Waals surface area contributed by atoms with Crippen LogP contribution in [0.3, 0.4) is 0 Å². The number of esters is 1. The molecule has 3 N–H and O–H groups in total. The van der Waals surface area contributed by atoms with Gasteiger partial charge in [-0.3, -0.25) is 29.2 Å². The SMILES string of the molecule is C=C/C(C)=C/C(CCCCCC(=O)N[C@H](C(=O)N[C@@H](C)C(=O)N1CCC[C@@H](C(=O)OC)N1)C(C)C)=N\C. The van der Waals surface area contributed by atoms with Gasteiger partial charge < -0.3 is 15.4 Å². The number of nitrogens with one attached hydrogen (secondary N) is 3. The molecular formula is C27H45N5O5. The molecule has 37 heavy (non-hydrogen) atoms. The molecule has 1 saturated heterocycles. The van der Waals surface area contributed by atoms with E-state index < -0.39 is 30.0 Å². The lowest BCUT2D eigenvalue weighted by molar-refractivity contribution is -0.150. The minimum atomic E-state index is -0.831. The van der Waals surface area contributed by atoms with E-state index in [1.807, 2.05) is 26.8 Å². The van der Waals surface area contributed by atoms with Gasteiger partial charge in [0.05, 0.1) is 7.11 Å². The highest BCUT2D eigenvalue weighted by molar-refractivity contribution is 5.95. The van der Waals surface area contributed by atoms with Crippen LogP contribution >= 0.6 is 0 Å². The summed E-state index contributed by atoms with van der Waals surface area (Å²) in [7, 11) is 3.07. The van der Waals surface area contributed by atoms with Crippen LogP contribution in [0.2, 0.25) is 0 Å². The molecule has 1 heterocycles. The third-order valence-electron chi connectivity index (χ3n) is 6.27. The van der Waals surface area contributed by atoms with Crippen LogP contribution in [0.25, 0.3) is 0 Å². The number of aliphatic imine (C=N–C) groups is 1. The summed E-state index contributed by atoms with van der Waals surface area (Å²) >= 11 is 0. The van der Waals surface area contributed by atoms with E-state index in [-0.39, 0.29) is 17.7 Å². The summed E-state index contributed by atoms with van der Waals surface area (Å²) in [6.45, 7) is 11.4. The fourth-order valence-electron chi connectivity index (χ4n) is 3.98. The highest BCUT2D eigenvalue weighted by atomic mass is 16.5. The van der Waals surface area contributed by atoms with Crippen LogP contribution in [-0.4, -0.2) is 73.2 Å². The Balaban J connectivity index is 2.53. The molecule has 0 saturated carbocycles. The molecule has 1 aliphatic heterocycles. The predicted octanol–water partition coefficient (Wildman–Crippen LogP) is 2.45. The molecule has 0 unspecified atom stereocenters. The zero-order valence-corrected chi connectivity index (χ0v) is 23.3. The first kappa shape index (κ1) is 32.0. The largest absolute Gasteiger partial charge is 0.468 e. The highest BCUT2D eigenvalue weighted by Gasteiger charge is 2.32. The van der Waals surface area contributed by atoms with Crippen LogP contribution in [-0.2, 0) is 23.9 Å². The highest BCUT2D eigenvalue weighted by Crippen LogP contribution is 2.11. The van der Waals surface area contributed by atoms with Gasteiger partial charge in [-0.1, -0.05) is 32.9 Å². The Kier molecular flexibility index (Phi) is 14.4. The van der Waals surface area contributed by atoms with Crippen LogP contribution < -0.4 is 16.1 Å². The fraction of sp³-hybridized carbons (Fsp3) is 0.667. The summed E-state index contributed by atoms with van der Waals surface area (Å²) in [5.74, 6) is -1.57. The Bertz CT molecular complexity index is 867. The van der Waals surface area contributed by atoms with Gasteiger partial charge in [0, 0.05) is 25.7 Å². The molecule has 3 atom stereocenters. The standard InChI is InChI=1S/C27H45N5O5/c1-8-19(4)17-21(28-6)13-10-9-11-15-23(33)30-24(18(2)3)25(34)29-20(5)26(35)32-16-12-14-22(31-32)27(36)37-7/h8,17-18,20,22,24,31H,1,9-16H2,2-7H3,(H,29,34)(H,30,33)/b19-17+,28-21-/t20-,22-,24-/m0/s1. The quantitative estimate of drug-likeness (QED) is 0.140. The molecule has 10 heteroatoms. The smallest absolute Gasteiger partial charge is 0.324 e. The van der Waals surface area contributed by atoms with Crippen LogP contribution in [0.5, 0.6) is 0 Å². The molecule has 3 amide bonds. The first-order valence-corrected chi connectivity index (χ1v) is 13.1. The first-order valence-electron chi connectivity index (χ1n) is 13.1. The molecule has 0 bridgehead atoms. The van der Waals surface area contributed by atoms with E-state index in [1.54, 1.807) is 20.0 Å². The monoisotopic (exact) mass is 519 g/mol. The molecule has 1 fully saturated rings. The zero-order valence-electron chi connectivity index (χ0n) is 23.3. The molecule has 0 aromatic heterocycles. The van der Waals surface area contributed by atoms with Gasteiger partial charge in [-0.2, -0.15) is 0 Å². The number of hydrogen-bond donors (Lipinski definition) is 3. The van der Waals surface area contributed by atoms with Crippen molar-refractivity contribution in [3.05, 3.63) is 24.3 Å². The minimum absolute atomic E-state index is 0.161. The summed E-state index contributed by atoms with van der Waals surface area (Å²) in [6.07, 6.45) is 8.64. The van der Waals surface area contributed by atoms with Crippen molar-refractivity contribution < 1.29 is 23.9 Å². The summed E-state index contributed by atoms with van der Waals surface area (Å²) < 4.78 is 4.75. The lowest BCUT2D eigenvalue weighted by atomic mass is 10.0. The number of methoxy groups -OCH3 is 1. The normalized spacial score (nSPS) is 18.1. The summed E-state index contributed by atoms with van der Waals surface area (Å²) in [4.78, 5) is 54.4. The van der Waals surface area contributed by atoms with Crippen molar-refractivity contribution in [3.8, 4) is 0 Å². The van der Waals surface area contributed by atoms with E-state index in [2.05, 4.69) is 27.6 Å². The first-order chi connectivity index (χ1) is 17.5. The molecule has 0 aromatic rings. The van der Waals surface area contributed by atoms with Crippen molar-refractivity contribution in [1.82, 2.24) is 21.1 Å². The van der Waals surface area contributed by atoms with E-state index in [1.165, 1.54) is 12.1 Å². The Morgan fingerprint density at radius 2 is 1.81 bits per heavy atom. The predicted molar refractivity (Wildman–Crippen MR) is 145 cm³/mol. The molecule has 0 aliphatic carbocycles. The van der Waals surface area contributed by atoms with Crippen molar-refractivity contribution in [2.45, 2.75) is 90.8 Å². The second-order valence-corrected chi connectivity index (χ2v) is 9.72. The third-order valence-corrected chi connectivity index (χ3v) is 6.27. The van der Waals surface area contributed by atoms with E-state index in [9.17, 15) is 19.2 Å². The number of unbranched alkanes of at least 4 members (excludes halogenated alkanes) is 2. The maximum absolute atomic E-state index is 12.9. The van der Waals surface area contributed by atoms with Crippen LogP contribution in [0.15, 0.2) is 29.3 Å². The second-order valence-electron chi connectivity index (χ2n) is 9.72. The Hall–Kier alpha value is -3.01. The van der Waals surface area contributed by atoms with Gasteiger partial charge in [0.1, 0.15) is 18.1 Å². The molecule has 0 spiro atoms. The minimum Gasteiger partial charge on any atom is -0.468 e. The van der Waals surface area contributed by atoms with Crippen molar-refractivity contribution >= 4 is 29.4 Å². The average Bonchev–Trinajstić information content (AvgIpc) is 2.89. The number of nitrogens with zero attached hydrogens (tertiary/aromatic N) is 2. The van der Waals surface area contributed by atoms with Crippen LogP contribution in [0.4, 0.5) is 0 Å². The number of allylic oxidation sites excluding steroid dienone is 3. The number of carbonyl (C=O) groups is 4. The number of hydrogen-bond acceptors (Lipinski definition) is 7. The van der Waals surface area contributed by atoms with E-state index in [0.29, 0.717) is 32.2 Å². The number of rotatable bonds is 14. The van der Waals surface area contributed by atoms with Crippen LogP contribution in [0.1, 0.15) is 72.6 Å². The number of carbonyl (C=O) groups excluding carboxylic acids is 4. The summed E-state index contributed by atoms with van der Waals surface area (Å²) in [5, 5.41) is 6.88. The van der Waals surface area contributed by atoms with E-state index in [0.717, 1.165) is 30.5 Å².